The lowest BCUT2D eigenvalue weighted by atomic mass is 10.2. The van der Waals surface area contributed by atoms with Crippen LogP contribution in [0.5, 0.6) is 0 Å². The number of anilines is 3. The summed E-state index contributed by atoms with van der Waals surface area (Å²) in [6.45, 7) is 0. The van der Waals surface area contributed by atoms with E-state index in [-0.39, 0.29) is 5.82 Å². The minimum Gasteiger partial charge on any atom is -0.397 e. The van der Waals surface area contributed by atoms with E-state index in [2.05, 4.69) is 11.4 Å². The van der Waals surface area contributed by atoms with Crippen LogP contribution in [0, 0.1) is 17.1 Å². The summed E-state index contributed by atoms with van der Waals surface area (Å²) in [6.07, 6.45) is 0. The first kappa shape index (κ1) is 12.5. The Bertz CT molecular complexity index is 833. The zero-order chi connectivity index (χ0) is 14.1. The number of hydrogen-bond donors (Lipinski definition) is 2. The second-order valence-electron chi connectivity index (χ2n) is 4.27. The lowest BCUT2D eigenvalue weighted by Crippen LogP contribution is -1.96. The molecule has 0 fully saturated rings. The number of nitrogens with zero attached hydrogens (tertiary/aromatic N) is 1. The molecule has 0 saturated heterocycles. The molecule has 1 aromatic heterocycles. The lowest BCUT2D eigenvalue weighted by Gasteiger charge is -2.07. The van der Waals surface area contributed by atoms with Crippen molar-refractivity contribution >= 4 is 37.8 Å². The summed E-state index contributed by atoms with van der Waals surface area (Å²) >= 11 is 1.45. The van der Waals surface area contributed by atoms with E-state index >= 15 is 0 Å². The van der Waals surface area contributed by atoms with E-state index in [0.29, 0.717) is 21.9 Å². The Balaban J connectivity index is 2.11. The fourth-order valence-electron chi connectivity index (χ4n) is 2.00. The van der Waals surface area contributed by atoms with Gasteiger partial charge in [0.25, 0.3) is 0 Å². The van der Waals surface area contributed by atoms with Crippen LogP contribution in [0.15, 0.2) is 42.5 Å². The van der Waals surface area contributed by atoms with Crippen LogP contribution >= 0.6 is 11.3 Å². The Morgan fingerprint density at radius 3 is 2.80 bits per heavy atom. The average Bonchev–Trinajstić information content (AvgIpc) is 2.80. The highest BCUT2D eigenvalue weighted by molar-refractivity contribution is 7.23. The van der Waals surface area contributed by atoms with Crippen molar-refractivity contribution in [1.29, 1.82) is 5.26 Å². The summed E-state index contributed by atoms with van der Waals surface area (Å²) in [4.78, 5) is 0. The Kier molecular flexibility index (Phi) is 3.01. The maximum atomic E-state index is 13.3. The van der Waals surface area contributed by atoms with Gasteiger partial charge in [-0.3, -0.25) is 0 Å². The highest BCUT2D eigenvalue weighted by Gasteiger charge is 2.12. The first-order valence-electron chi connectivity index (χ1n) is 5.92. The third-order valence-electron chi connectivity index (χ3n) is 2.97. The van der Waals surface area contributed by atoms with E-state index in [4.69, 9.17) is 5.73 Å². The molecule has 0 aliphatic rings. The summed E-state index contributed by atoms with van der Waals surface area (Å²) in [5.74, 6) is -0.374. The molecule has 1 heterocycles. The molecule has 5 heteroatoms. The van der Waals surface area contributed by atoms with Crippen molar-refractivity contribution in [1.82, 2.24) is 0 Å². The zero-order valence-electron chi connectivity index (χ0n) is 10.4. The van der Waals surface area contributed by atoms with Gasteiger partial charge in [-0.2, -0.15) is 5.26 Å². The summed E-state index contributed by atoms with van der Waals surface area (Å²) in [5, 5.41) is 13.9. The highest BCUT2D eigenvalue weighted by atomic mass is 32.1. The van der Waals surface area contributed by atoms with Crippen LogP contribution in [-0.2, 0) is 0 Å². The molecule has 2 aromatic carbocycles. The predicted octanol–water partition coefficient (Wildman–Crippen LogP) is 4.24. The van der Waals surface area contributed by atoms with Crippen molar-refractivity contribution < 1.29 is 4.39 Å². The molecular formula is C15H10FN3S. The number of fused-ring (bicyclic) bond motifs is 1. The van der Waals surface area contributed by atoms with Gasteiger partial charge in [0.1, 0.15) is 16.9 Å². The summed E-state index contributed by atoms with van der Waals surface area (Å²) in [7, 11) is 0. The Morgan fingerprint density at radius 1 is 1.20 bits per heavy atom. The van der Waals surface area contributed by atoms with Gasteiger partial charge in [0.05, 0.1) is 16.9 Å². The number of halogens is 1. The number of benzene rings is 2. The van der Waals surface area contributed by atoms with Gasteiger partial charge in [-0.1, -0.05) is 18.2 Å². The van der Waals surface area contributed by atoms with Gasteiger partial charge in [-0.05, 0) is 24.3 Å². The van der Waals surface area contributed by atoms with Gasteiger partial charge >= 0.3 is 0 Å². The topological polar surface area (TPSA) is 61.8 Å². The molecule has 3 nitrogen and oxygen atoms in total. The van der Waals surface area contributed by atoms with Crippen LogP contribution in [0.4, 0.5) is 20.8 Å². The summed E-state index contributed by atoms with van der Waals surface area (Å²) in [5.41, 5.74) is 7.27. The number of nitrogen functional groups attached to an aromatic ring is 1. The number of nitrogens with two attached hydrogens (primary N) is 1. The van der Waals surface area contributed by atoms with Crippen LogP contribution < -0.4 is 11.1 Å². The molecule has 0 spiro atoms. The first-order valence-corrected chi connectivity index (χ1v) is 6.74. The van der Waals surface area contributed by atoms with Crippen molar-refractivity contribution in [3.8, 4) is 6.07 Å². The fraction of sp³-hybridized carbons (Fsp3) is 0. The number of rotatable bonds is 2. The maximum absolute atomic E-state index is 13.3. The largest absolute Gasteiger partial charge is 0.397 e. The Morgan fingerprint density at radius 2 is 2.00 bits per heavy atom. The molecule has 20 heavy (non-hydrogen) atoms. The zero-order valence-corrected chi connectivity index (χ0v) is 11.2. The monoisotopic (exact) mass is 283 g/mol. The average molecular weight is 283 g/mol. The van der Waals surface area contributed by atoms with E-state index in [1.807, 2.05) is 24.3 Å². The second kappa shape index (κ2) is 4.83. The van der Waals surface area contributed by atoms with Gasteiger partial charge in [0.15, 0.2) is 0 Å². The molecule has 0 atom stereocenters. The van der Waals surface area contributed by atoms with Crippen molar-refractivity contribution in [2.24, 2.45) is 0 Å². The molecule has 0 bridgehead atoms. The van der Waals surface area contributed by atoms with Crippen molar-refractivity contribution in [3.63, 3.8) is 0 Å². The number of nitriles is 1. The molecule has 0 unspecified atom stereocenters. The molecule has 0 aliphatic carbocycles. The van der Waals surface area contributed by atoms with Gasteiger partial charge in [-0.25, -0.2) is 4.39 Å². The lowest BCUT2D eigenvalue weighted by molar-refractivity contribution is 0.628. The summed E-state index contributed by atoms with van der Waals surface area (Å²) < 4.78 is 14.3. The van der Waals surface area contributed by atoms with E-state index in [9.17, 15) is 9.65 Å². The standard InChI is InChI=1S/C15H10FN3S/c16-9-5-6-12(18)13(7-9)19-15-11(8-17)10-3-1-2-4-14(10)20-15/h1-7,19H,18H2. The van der Waals surface area contributed by atoms with Crippen LogP contribution in [-0.4, -0.2) is 0 Å². The molecule has 0 amide bonds. The molecule has 3 N–H and O–H groups in total. The van der Waals surface area contributed by atoms with Gasteiger partial charge in [0.2, 0.25) is 0 Å². The van der Waals surface area contributed by atoms with E-state index in [1.165, 1.54) is 29.5 Å². The Labute approximate surface area is 119 Å². The van der Waals surface area contributed by atoms with Crippen LogP contribution in [0.3, 0.4) is 0 Å². The minimum absolute atomic E-state index is 0.374. The fourth-order valence-corrected chi connectivity index (χ4v) is 3.07. The molecular weight excluding hydrogens is 273 g/mol. The molecule has 0 aliphatic heterocycles. The number of hydrogen-bond acceptors (Lipinski definition) is 4. The number of thiophene rings is 1. The highest BCUT2D eigenvalue weighted by Crippen LogP contribution is 2.37. The maximum Gasteiger partial charge on any atom is 0.125 e. The molecule has 3 aromatic rings. The van der Waals surface area contributed by atoms with Gasteiger partial charge in [-0.15, -0.1) is 11.3 Å². The molecule has 98 valence electrons. The van der Waals surface area contributed by atoms with Gasteiger partial charge in [0, 0.05) is 10.1 Å². The predicted molar refractivity (Wildman–Crippen MR) is 80.6 cm³/mol. The normalized spacial score (nSPS) is 10.4. The summed E-state index contributed by atoms with van der Waals surface area (Å²) in [6, 6.07) is 13.9. The van der Waals surface area contributed by atoms with Crippen molar-refractivity contribution in [3.05, 3.63) is 53.8 Å². The molecule has 0 radical (unpaired) electrons. The quantitative estimate of drug-likeness (QED) is 0.691. The van der Waals surface area contributed by atoms with E-state index in [0.717, 1.165) is 10.1 Å². The van der Waals surface area contributed by atoms with Gasteiger partial charge < -0.3 is 11.1 Å². The van der Waals surface area contributed by atoms with Crippen LogP contribution in [0.1, 0.15) is 5.56 Å². The van der Waals surface area contributed by atoms with E-state index < -0.39 is 0 Å². The SMILES string of the molecule is N#Cc1c(Nc2cc(F)ccc2N)sc2ccccc12. The molecule has 3 rings (SSSR count). The third kappa shape index (κ3) is 2.06. The van der Waals surface area contributed by atoms with E-state index in [1.54, 1.807) is 0 Å². The van der Waals surface area contributed by atoms with Crippen molar-refractivity contribution in [2.75, 3.05) is 11.1 Å². The Hall–Kier alpha value is -2.58. The van der Waals surface area contributed by atoms with Crippen LogP contribution in [0.25, 0.3) is 10.1 Å². The second-order valence-corrected chi connectivity index (χ2v) is 5.32. The smallest absolute Gasteiger partial charge is 0.125 e. The minimum atomic E-state index is -0.374. The number of nitrogens with one attached hydrogen (secondary N) is 1. The molecule has 0 saturated carbocycles. The third-order valence-corrected chi connectivity index (χ3v) is 4.06. The first-order chi connectivity index (χ1) is 9.69. The van der Waals surface area contributed by atoms with Crippen molar-refractivity contribution in [2.45, 2.75) is 0 Å². The van der Waals surface area contributed by atoms with Crippen LogP contribution in [0.2, 0.25) is 0 Å².